The molecular weight excluding hydrogens is 452 g/mol. The van der Waals surface area contributed by atoms with Crippen LogP contribution in [0.15, 0.2) is 52.1 Å². The fraction of sp³-hybridized carbons (Fsp3) is 0.286. The third-order valence-electron chi connectivity index (χ3n) is 4.32. The van der Waals surface area contributed by atoms with Gasteiger partial charge in [0.2, 0.25) is 5.91 Å². The number of thioether (sulfide) groups is 1. The maximum absolute atomic E-state index is 12.2. The number of benzene rings is 2. The minimum atomic E-state index is -0.0867. The van der Waals surface area contributed by atoms with Gasteiger partial charge in [0, 0.05) is 16.7 Å². The molecule has 0 unspecified atom stereocenters. The average molecular weight is 475 g/mol. The monoisotopic (exact) mass is 474 g/mol. The highest BCUT2D eigenvalue weighted by atomic mass is 79.9. The van der Waals surface area contributed by atoms with Gasteiger partial charge in [-0.25, -0.2) is 0 Å². The molecule has 0 aliphatic rings. The fourth-order valence-electron chi connectivity index (χ4n) is 2.87. The van der Waals surface area contributed by atoms with E-state index in [2.05, 4.69) is 31.4 Å². The van der Waals surface area contributed by atoms with E-state index in [0.717, 1.165) is 32.9 Å². The number of ether oxygens (including phenoxy) is 1. The van der Waals surface area contributed by atoms with Crippen molar-refractivity contribution >= 4 is 39.3 Å². The summed E-state index contributed by atoms with van der Waals surface area (Å²) in [7, 11) is 0. The van der Waals surface area contributed by atoms with E-state index in [1.807, 2.05) is 67.8 Å². The van der Waals surface area contributed by atoms with Gasteiger partial charge >= 0.3 is 0 Å². The van der Waals surface area contributed by atoms with Crippen molar-refractivity contribution in [1.29, 1.82) is 0 Å². The second kappa shape index (κ2) is 9.93. The smallest absolute Gasteiger partial charge is 0.234 e. The Morgan fingerprint density at radius 1 is 1.14 bits per heavy atom. The number of nitrogens with zero attached hydrogens (tertiary/aromatic N) is 3. The summed E-state index contributed by atoms with van der Waals surface area (Å²) in [5, 5.41) is 12.1. The lowest BCUT2D eigenvalue weighted by atomic mass is 10.1. The first kappa shape index (κ1) is 21.4. The molecule has 3 rings (SSSR count). The zero-order valence-corrected chi connectivity index (χ0v) is 19.0. The van der Waals surface area contributed by atoms with Crippen LogP contribution in [0.5, 0.6) is 5.75 Å². The van der Waals surface area contributed by atoms with Crippen LogP contribution in [0.3, 0.4) is 0 Å². The summed E-state index contributed by atoms with van der Waals surface area (Å²) in [4.78, 5) is 12.2. The van der Waals surface area contributed by atoms with Crippen LogP contribution in [0.1, 0.15) is 23.9 Å². The molecule has 0 saturated heterocycles. The molecule has 0 fully saturated rings. The molecule has 0 bridgehead atoms. The van der Waals surface area contributed by atoms with Gasteiger partial charge in [-0.2, -0.15) is 0 Å². The van der Waals surface area contributed by atoms with Crippen molar-refractivity contribution in [2.45, 2.75) is 39.1 Å². The van der Waals surface area contributed by atoms with Gasteiger partial charge in [-0.3, -0.25) is 4.79 Å². The molecule has 2 aromatic carbocycles. The zero-order valence-electron chi connectivity index (χ0n) is 16.6. The number of rotatable bonds is 8. The average Bonchev–Trinajstić information content (AvgIpc) is 3.09. The van der Waals surface area contributed by atoms with Crippen LogP contribution in [-0.2, 0) is 17.9 Å². The van der Waals surface area contributed by atoms with Gasteiger partial charge in [-0.1, -0.05) is 45.9 Å². The Bertz CT molecular complexity index is 969. The number of anilines is 1. The molecule has 1 heterocycles. The number of para-hydroxylation sites is 1. The molecular formula is C21H23BrN4O2S. The van der Waals surface area contributed by atoms with Crippen LogP contribution in [0.2, 0.25) is 0 Å². The number of aromatic nitrogens is 3. The molecule has 1 aromatic heterocycles. The lowest BCUT2D eigenvalue weighted by Crippen LogP contribution is -2.15. The van der Waals surface area contributed by atoms with Crippen LogP contribution < -0.4 is 10.1 Å². The van der Waals surface area contributed by atoms with Crippen LogP contribution in [0.4, 0.5) is 5.69 Å². The quantitative estimate of drug-likeness (QED) is 0.465. The normalized spacial score (nSPS) is 10.8. The van der Waals surface area contributed by atoms with Crippen molar-refractivity contribution < 1.29 is 9.53 Å². The molecule has 3 aromatic rings. The Morgan fingerprint density at radius 3 is 2.48 bits per heavy atom. The Morgan fingerprint density at radius 2 is 1.83 bits per heavy atom. The van der Waals surface area contributed by atoms with Crippen LogP contribution in [0, 0.1) is 13.8 Å². The van der Waals surface area contributed by atoms with Gasteiger partial charge in [0.05, 0.1) is 5.75 Å². The highest BCUT2D eigenvalue weighted by Gasteiger charge is 2.14. The summed E-state index contributed by atoms with van der Waals surface area (Å²) in [6.07, 6.45) is 0. The molecule has 0 spiro atoms. The van der Waals surface area contributed by atoms with E-state index in [0.29, 0.717) is 18.3 Å². The van der Waals surface area contributed by atoms with Crippen molar-refractivity contribution in [2.75, 3.05) is 11.1 Å². The van der Waals surface area contributed by atoms with Gasteiger partial charge in [0.15, 0.2) is 11.0 Å². The maximum Gasteiger partial charge on any atom is 0.234 e. The summed E-state index contributed by atoms with van der Waals surface area (Å²) in [6, 6.07) is 13.5. The third kappa shape index (κ3) is 5.61. The predicted molar refractivity (Wildman–Crippen MR) is 119 cm³/mol. The molecule has 0 aliphatic heterocycles. The van der Waals surface area contributed by atoms with Gasteiger partial charge in [0.1, 0.15) is 12.4 Å². The van der Waals surface area contributed by atoms with Gasteiger partial charge in [-0.05, 0) is 56.2 Å². The van der Waals surface area contributed by atoms with Gasteiger partial charge in [0.25, 0.3) is 0 Å². The van der Waals surface area contributed by atoms with Crippen molar-refractivity contribution in [3.8, 4) is 5.75 Å². The summed E-state index contributed by atoms with van der Waals surface area (Å²) in [5.74, 6) is 1.79. The van der Waals surface area contributed by atoms with E-state index >= 15 is 0 Å². The standard InChI is InChI=1S/C21H23BrN4O2S/c1-4-26-18(12-28-20-14(2)6-5-7-15(20)3)24-25-21(26)29-13-19(27)23-17-10-8-16(22)9-11-17/h5-11H,4,12-13H2,1-3H3,(H,23,27). The summed E-state index contributed by atoms with van der Waals surface area (Å²) in [6.45, 7) is 7.11. The number of carbonyl (C=O) groups excluding carboxylic acids is 1. The first-order chi connectivity index (χ1) is 14.0. The molecule has 6 nitrogen and oxygen atoms in total. The number of nitrogens with one attached hydrogen (secondary N) is 1. The number of hydrogen-bond donors (Lipinski definition) is 1. The SMILES string of the molecule is CCn1c(COc2c(C)cccc2C)nnc1SCC(=O)Nc1ccc(Br)cc1. The summed E-state index contributed by atoms with van der Waals surface area (Å²) in [5.41, 5.74) is 2.94. The van der Waals surface area contributed by atoms with E-state index in [-0.39, 0.29) is 11.7 Å². The topological polar surface area (TPSA) is 69.0 Å². The first-order valence-corrected chi connectivity index (χ1v) is 11.0. The first-order valence-electron chi connectivity index (χ1n) is 9.27. The van der Waals surface area contributed by atoms with E-state index in [9.17, 15) is 4.79 Å². The fourth-order valence-corrected chi connectivity index (χ4v) is 3.96. The second-order valence-electron chi connectivity index (χ2n) is 6.50. The summed E-state index contributed by atoms with van der Waals surface area (Å²) < 4.78 is 8.95. The van der Waals surface area contributed by atoms with Gasteiger partial charge in [-0.15, -0.1) is 10.2 Å². The van der Waals surface area contributed by atoms with Crippen molar-refractivity contribution in [3.05, 3.63) is 63.9 Å². The third-order valence-corrected chi connectivity index (χ3v) is 5.82. The van der Waals surface area contributed by atoms with E-state index in [1.54, 1.807) is 0 Å². The zero-order chi connectivity index (χ0) is 20.8. The largest absolute Gasteiger partial charge is 0.485 e. The minimum absolute atomic E-state index is 0.0867. The molecule has 0 aliphatic carbocycles. The molecule has 1 N–H and O–H groups in total. The van der Waals surface area contributed by atoms with E-state index in [4.69, 9.17) is 4.74 Å². The molecule has 8 heteroatoms. The Kier molecular flexibility index (Phi) is 7.33. The Labute approximate surface area is 183 Å². The van der Waals surface area contributed by atoms with Crippen molar-refractivity contribution in [3.63, 3.8) is 0 Å². The van der Waals surface area contributed by atoms with Crippen LogP contribution in [0.25, 0.3) is 0 Å². The molecule has 0 radical (unpaired) electrons. The van der Waals surface area contributed by atoms with Crippen molar-refractivity contribution in [1.82, 2.24) is 14.8 Å². The van der Waals surface area contributed by atoms with Crippen LogP contribution >= 0.6 is 27.7 Å². The molecule has 0 atom stereocenters. The number of halogens is 1. The summed E-state index contributed by atoms with van der Waals surface area (Å²) >= 11 is 4.74. The number of carbonyl (C=O) groups is 1. The van der Waals surface area contributed by atoms with E-state index in [1.165, 1.54) is 11.8 Å². The van der Waals surface area contributed by atoms with Crippen molar-refractivity contribution in [2.24, 2.45) is 0 Å². The number of aryl methyl sites for hydroxylation is 2. The highest BCUT2D eigenvalue weighted by Crippen LogP contribution is 2.24. The number of hydrogen-bond acceptors (Lipinski definition) is 5. The highest BCUT2D eigenvalue weighted by molar-refractivity contribution is 9.10. The minimum Gasteiger partial charge on any atom is -0.485 e. The lowest BCUT2D eigenvalue weighted by molar-refractivity contribution is -0.113. The molecule has 0 saturated carbocycles. The molecule has 1 amide bonds. The van der Waals surface area contributed by atoms with Gasteiger partial charge < -0.3 is 14.6 Å². The molecule has 152 valence electrons. The van der Waals surface area contributed by atoms with Crippen LogP contribution in [-0.4, -0.2) is 26.4 Å². The predicted octanol–water partition coefficient (Wildman–Crippen LogP) is 4.99. The Balaban J connectivity index is 1.60. The number of amides is 1. The maximum atomic E-state index is 12.2. The lowest BCUT2D eigenvalue weighted by Gasteiger charge is -2.12. The second-order valence-corrected chi connectivity index (χ2v) is 8.35. The van der Waals surface area contributed by atoms with E-state index < -0.39 is 0 Å². The molecule has 29 heavy (non-hydrogen) atoms. The Hall–Kier alpha value is -2.32.